The van der Waals surface area contributed by atoms with E-state index < -0.39 is 0 Å². The maximum Gasteiger partial charge on any atom is 0.257 e. The first-order valence-corrected chi connectivity index (χ1v) is 11.1. The van der Waals surface area contributed by atoms with Crippen LogP contribution in [0.4, 0.5) is 15.1 Å². The molecule has 5 nitrogen and oxygen atoms in total. The van der Waals surface area contributed by atoms with Gasteiger partial charge in [0, 0.05) is 41.3 Å². The van der Waals surface area contributed by atoms with Crippen molar-refractivity contribution in [1.82, 2.24) is 15.2 Å². The minimum absolute atomic E-state index is 0.00192. The Morgan fingerprint density at radius 1 is 1.29 bits per heavy atom. The molecule has 0 spiro atoms. The van der Waals surface area contributed by atoms with Crippen molar-refractivity contribution in [1.29, 1.82) is 0 Å². The zero-order valence-electron chi connectivity index (χ0n) is 14.9. The fourth-order valence-corrected chi connectivity index (χ4v) is 5.63. The summed E-state index contributed by atoms with van der Waals surface area (Å²) in [7, 11) is 0. The van der Waals surface area contributed by atoms with E-state index in [1.165, 1.54) is 17.4 Å². The number of benzene rings is 1. The predicted molar refractivity (Wildman–Crippen MR) is 118 cm³/mol. The highest BCUT2D eigenvalue weighted by Gasteiger charge is 2.39. The van der Waals surface area contributed by atoms with Crippen molar-refractivity contribution in [3.8, 4) is 0 Å². The number of likely N-dealkylation sites (tertiary alicyclic amines) is 1. The Labute approximate surface area is 179 Å². The Morgan fingerprint density at radius 3 is 2.82 bits per heavy atom. The quantitative estimate of drug-likeness (QED) is 0.524. The lowest BCUT2D eigenvalue weighted by molar-refractivity contribution is 0.0785. The molecule has 0 saturated carbocycles. The second kappa shape index (κ2) is 7.23. The topological polar surface area (TPSA) is 57.3 Å². The zero-order chi connectivity index (χ0) is 19.3. The summed E-state index contributed by atoms with van der Waals surface area (Å²) < 4.78 is 15.2. The Bertz CT molecular complexity index is 1060. The number of hydrogen-bond donors (Lipinski definition) is 2. The Kier molecular flexibility index (Phi) is 4.72. The molecule has 2 aromatic heterocycles. The summed E-state index contributed by atoms with van der Waals surface area (Å²) in [5, 5.41) is 8.02. The number of carbonyl (C=O) groups is 1. The van der Waals surface area contributed by atoms with Gasteiger partial charge in [-0.15, -0.1) is 0 Å². The number of nitrogens with zero attached hydrogens (tertiary/aromatic N) is 2. The van der Waals surface area contributed by atoms with Crippen LogP contribution in [0.25, 0.3) is 10.2 Å². The molecule has 2 fully saturated rings. The molecule has 4 heterocycles. The molecule has 0 bridgehead atoms. The van der Waals surface area contributed by atoms with E-state index in [1.54, 1.807) is 12.3 Å². The molecular formula is C20H18FIN4OS. The average molecular weight is 508 g/mol. The second-order valence-electron chi connectivity index (χ2n) is 7.30. The Morgan fingerprint density at radius 2 is 2.07 bits per heavy atom. The third-order valence-electron chi connectivity index (χ3n) is 5.54. The van der Waals surface area contributed by atoms with E-state index in [-0.39, 0.29) is 11.7 Å². The van der Waals surface area contributed by atoms with E-state index >= 15 is 0 Å². The van der Waals surface area contributed by atoms with Crippen LogP contribution in [0.3, 0.4) is 0 Å². The molecule has 1 amide bonds. The number of halogens is 2. The molecular weight excluding hydrogens is 490 g/mol. The minimum Gasteiger partial charge on any atom is -0.344 e. The summed E-state index contributed by atoms with van der Waals surface area (Å²) in [5.74, 6) is 0.716. The fraction of sp³-hybridized carbons (Fsp3) is 0.300. The molecule has 2 atom stereocenters. The maximum absolute atomic E-state index is 14.4. The van der Waals surface area contributed by atoms with E-state index in [0.717, 1.165) is 40.0 Å². The molecule has 3 aromatic rings. The molecule has 2 aliphatic rings. The Balaban J connectivity index is 1.53. The van der Waals surface area contributed by atoms with E-state index in [1.807, 2.05) is 23.1 Å². The molecule has 8 heteroatoms. The molecule has 144 valence electrons. The SMILES string of the molecule is O=C(c1c(Nc2ccc(I)cc2F)sc2ncccc12)N1CC2CNCC2C1. The molecule has 0 aliphatic carbocycles. The normalized spacial score (nSPS) is 21.3. The van der Waals surface area contributed by atoms with Crippen molar-refractivity contribution in [2.24, 2.45) is 11.8 Å². The number of amides is 1. The lowest BCUT2D eigenvalue weighted by Crippen LogP contribution is -2.32. The number of rotatable bonds is 3. The number of nitrogens with one attached hydrogen (secondary N) is 2. The number of aromatic nitrogens is 1. The third kappa shape index (κ3) is 3.17. The maximum atomic E-state index is 14.4. The van der Waals surface area contributed by atoms with Crippen LogP contribution in [-0.2, 0) is 0 Å². The van der Waals surface area contributed by atoms with Gasteiger partial charge in [0.2, 0.25) is 0 Å². The van der Waals surface area contributed by atoms with Gasteiger partial charge in [0.1, 0.15) is 15.6 Å². The summed E-state index contributed by atoms with van der Waals surface area (Å²) in [6.07, 6.45) is 1.72. The molecule has 28 heavy (non-hydrogen) atoms. The first kappa shape index (κ1) is 18.3. The first-order valence-electron chi connectivity index (χ1n) is 9.20. The van der Waals surface area contributed by atoms with Crippen LogP contribution in [0.1, 0.15) is 10.4 Å². The summed E-state index contributed by atoms with van der Waals surface area (Å²) in [6, 6.07) is 8.77. The number of pyridine rings is 1. The van der Waals surface area contributed by atoms with Gasteiger partial charge in [0.15, 0.2) is 0 Å². The average Bonchev–Trinajstić information content (AvgIpc) is 3.36. The number of anilines is 2. The summed E-state index contributed by atoms with van der Waals surface area (Å²) in [5.41, 5.74) is 0.961. The van der Waals surface area contributed by atoms with Gasteiger partial charge in [-0.3, -0.25) is 4.79 Å². The molecule has 0 radical (unpaired) electrons. The van der Waals surface area contributed by atoms with Gasteiger partial charge in [-0.2, -0.15) is 0 Å². The third-order valence-corrected chi connectivity index (χ3v) is 7.24. The van der Waals surface area contributed by atoms with E-state index in [0.29, 0.717) is 28.1 Å². The predicted octanol–water partition coefficient (Wildman–Crippen LogP) is 4.08. The van der Waals surface area contributed by atoms with Gasteiger partial charge in [0.05, 0.1) is 11.3 Å². The largest absolute Gasteiger partial charge is 0.344 e. The standard InChI is InChI=1S/C20H18FIN4OS/c21-15-6-13(22)3-4-16(15)25-19-17(14-2-1-5-24-18(14)28-19)20(27)26-9-11-7-23-8-12(11)10-26/h1-6,11-12,23,25H,7-10H2. The van der Waals surface area contributed by atoms with Crippen LogP contribution in [0.2, 0.25) is 0 Å². The molecule has 1 aromatic carbocycles. The van der Waals surface area contributed by atoms with Gasteiger partial charge in [-0.25, -0.2) is 9.37 Å². The monoisotopic (exact) mass is 508 g/mol. The molecule has 2 saturated heterocycles. The highest BCUT2D eigenvalue weighted by Crippen LogP contribution is 2.39. The van der Waals surface area contributed by atoms with Crippen LogP contribution in [0, 0.1) is 21.2 Å². The Hall–Kier alpha value is -1.78. The van der Waals surface area contributed by atoms with Crippen LogP contribution in [0.15, 0.2) is 36.5 Å². The van der Waals surface area contributed by atoms with Gasteiger partial charge in [-0.05, 0) is 64.8 Å². The van der Waals surface area contributed by atoms with Gasteiger partial charge in [0.25, 0.3) is 5.91 Å². The zero-order valence-corrected chi connectivity index (χ0v) is 17.9. The fourth-order valence-electron chi connectivity index (χ4n) is 4.13. The minimum atomic E-state index is -0.336. The second-order valence-corrected chi connectivity index (χ2v) is 9.54. The highest BCUT2D eigenvalue weighted by atomic mass is 127. The number of carbonyl (C=O) groups excluding carboxylic acids is 1. The van der Waals surface area contributed by atoms with Crippen LogP contribution < -0.4 is 10.6 Å². The van der Waals surface area contributed by atoms with Crippen molar-refractivity contribution in [2.75, 3.05) is 31.5 Å². The summed E-state index contributed by atoms with van der Waals surface area (Å²) in [6.45, 7) is 3.48. The molecule has 2 unspecified atom stereocenters. The summed E-state index contributed by atoms with van der Waals surface area (Å²) >= 11 is 3.47. The van der Waals surface area contributed by atoms with Crippen molar-refractivity contribution < 1.29 is 9.18 Å². The smallest absolute Gasteiger partial charge is 0.257 e. The number of hydrogen-bond acceptors (Lipinski definition) is 5. The van der Waals surface area contributed by atoms with E-state index in [4.69, 9.17) is 0 Å². The van der Waals surface area contributed by atoms with Gasteiger partial charge < -0.3 is 15.5 Å². The van der Waals surface area contributed by atoms with Crippen LogP contribution >= 0.6 is 33.9 Å². The van der Waals surface area contributed by atoms with E-state index in [9.17, 15) is 9.18 Å². The van der Waals surface area contributed by atoms with Crippen molar-refractivity contribution >= 4 is 60.7 Å². The molecule has 2 aliphatic heterocycles. The van der Waals surface area contributed by atoms with Crippen molar-refractivity contribution in [2.45, 2.75) is 0 Å². The number of fused-ring (bicyclic) bond motifs is 2. The highest BCUT2D eigenvalue weighted by molar-refractivity contribution is 14.1. The van der Waals surface area contributed by atoms with Crippen LogP contribution in [0.5, 0.6) is 0 Å². The van der Waals surface area contributed by atoms with Crippen molar-refractivity contribution in [3.05, 3.63) is 51.5 Å². The molecule has 5 rings (SSSR count). The molecule has 2 N–H and O–H groups in total. The van der Waals surface area contributed by atoms with E-state index in [2.05, 4.69) is 38.2 Å². The summed E-state index contributed by atoms with van der Waals surface area (Å²) in [4.78, 5) is 20.6. The van der Waals surface area contributed by atoms with Crippen molar-refractivity contribution in [3.63, 3.8) is 0 Å². The van der Waals surface area contributed by atoms with Gasteiger partial charge >= 0.3 is 0 Å². The lowest BCUT2D eigenvalue weighted by atomic mass is 10.0. The first-order chi connectivity index (χ1) is 13.6. The lowest BCUT2D eigenvalue weighted by Gasteiger charge is -2.18. The number of thiophene rings is 1. The van der Waals surface area contributed by atoms with Crippen LogP contribution in [-0.4, -0.2) is 42.0 Å². The van der Waals surface area contributed by atoms with Gasteiger partial charge in [-0.1, -0.05) is 11.3 Å².